The third-order valence-electron chi connectivity index (χ3n) is 4.97. The lowest BCUT2D eigenvalue weighted by atomic mass is 10.3. The molecule has 31 heavy (non-hydrogen) atoms. The summed E-state index contributed by atoms with van der Waals surface area (Å²) in [5.41, 5.74) is 0.854. The number of aliphatic hydroxyl groups is 1. The summed E-state index contributed by atoms with van der Waals surface area (Å²) in [6.45, 7) is 6.14. The number of aliphatic hydroxyl groups excluding tert-OH is 1. The fraction of sp³-hybridized carbons (Fsp3) is 0.318. The molecule has 3 aromatic rings. The van der Waals surface area contributed by atoms with Gasteiger partial charge in [0, 0.05) is 43.4 Å². The SMILES string of the molecule is Cc1nc(Nc2ccc(Oc3ccc(Cl)cc3)cc2)nc(N2CCN(CCO)CC2)n1. The van der Waals surface area contributed by atoms with Gasteiger partial charge in [-0.2, -0.15) is 15.0 Å². The van der Waals surface area contributed by atoms with Gasteiger partial charge in [0.25, 0.3) is 0 Å². The molecule has 2 aromatic carbocycles. The molecule has 0 amide bonds. The number of aryl methyl sites for hydroxylation is 1. The Labute approximate surface area is 186 Å². The Hall–Kier alpha value is -2.94. The third-order valence-corrected chi connectivity index (χ3v) is 5.22. The van der Waals surface area contributed by atoms with Crippen molar-refractivity contribution in [1.82, 2.24) is 19.9 Å². The first kappa shape index (κ1) is 21.3. The molecule has 2 heterocycles. The standard InChI is InChI=1S/C22H25ClN6O2/c1-16-24-21(27-22(25-16)29-12-10-28(11-13-29)14-15-30)26-18-4-8-20(9-5-18)31-19-6-2-17(23)3-7-19/h2-9,30H,10-15H2,1H3,(H,24,25,26,27). The van der Waals surface area contributed by atoms with Crippen LogP contribution < -0.4 is 15.0 Å². The van der Waals surface area contributed by atoms with Crippen LogP contribution in [0, 0.1) is 6.92 Å². The number of hydrogen-bond donors (Lipinski definition) is 2. The van der Waals surface area contributed by atoms with E-state index < -0.39 is 0 Å². The van der Waals surface area contributed by atoms with Crippen LogP contribution in [0.25, 0.3) is 0 Å². The second-order valence-corrected chi connectivity index (χ2v) is 7.70. The van der Waals surface area contributed by atoms with E-state index in [4.69, 9.17) is 21.4 Å². The Balaban J connectivity index is 1.40. The molecule has 9 heteroatoms. The third kappa shape index (κ3) is 5.81. The van der Waals surface area contributed by atoms with Crippen LogP contribution in [0.2, 0.25) is 5.02 Å². The van der Waals surface area contributed by atoms with Crippen molar-refractivity contribution < 1.29 is 9.84 Å². The first-order valence-corrected chi connectivity index (χ1v) is 10.6. The van der Waals surface area contributed by atoms with Gasteiger partial charge in [-0.05, 0) is 55.5 Å². The number of nitrogens with one attached hydrogen (secondary N) is 1. The number of hydrogen-bond acceptors (Lipinski definition) is 8. The van der Waals surface area contributed by atoms with Gasteiger partial charge < -0.3 is 20.1 Å². The predicted octanol–water partition coefficient (Wildman–Crippen LogP) is 3.48. The van der Waals surface area contributed by atoms with Gasteiger partial charge in [0.15, 0.2) is 0 Å². The zero-order chi connectivity index (χ0) is 21.6. The highest BCUT2D eigenvalue weighted by atomic mass is 35.5. The number of rotatable bonds is 7. The number of nitrogens with zero attached hydrogens (tertiary/aromatic N) is 5. The molecule has 1 fully saturated rings. The summed E-state index contributed by atoms with van der Waals surface area (Å²) in [6, 6.07) is 14.8. The lowest BCUT2D eigenvalue weighted by Crippen LogP contribution is -2.47. The van der Waals surface area contributed by atoms with Crippen LogP contribution in [0.1, 0.15) is 5.82 Å². The average molecular weight is 441 g/mol. The van der Waals surface area contributed by atoms with Crippen LogP contribution in [0.3, 0.4) is 0 Å². The van der Waals surface area contributed by atoms with Crippen molar-refractivity contribution in [2.45, 2.75) is 6.92 Å². The van der Waals surface area contributed by atoms with E-state index in [9.17, 15) is 0 Å². The zero-order valence-electron chi connectivity index (χ0n) is 17.3. The Morgan fingerprint density at radius 2 is 1.58 bits per heavy atom. The maximum absolute atomic E-state index is 9.11. The number of piperazine rings is 1. The van der Waals surface area contributed by atoms with Crippen molar-refractivity contribution in [2.24, 2.45) is 0 Å². The monoisotopic (exact) mass is 440 g/mol. The number of benzene rings is 2. The minimum absolute atomic E-state index is 0.183. The van der Waals surface area contributed by atoms with Crippen molar-refractivity contribution in [1.29, 1.82) is 0 Å². The first-order valence-electron chi connectivity index (χ1n) is 10.2. The van der Waals surface area contributed by atoms with Gasteiger partial charge >= 0.3 is 0 Å². The molecule has 1 aliphatic heterocycles. The summed E-state index contributed by atoms with van der Waals surface area (Å²) in [4.78, 5) is 17.9. The Morgan fingerprint density at radius 3 is 2.23 bits per heavy atom. The van der Waals surface area contributed by atoms with Crippen molar-refractivity contribution in [2.75, 3.05) is 49.5 Å². The predicted molar refractivity (Wildman–Crippen MR) is 122 cm³/mol. The highest BCUT2D eigenvalue weighted by molar-refractivity contribution is 6.30. The highest BCUT2D eigenvalue weighted by Gasteiger charge is 2.19. The molecule has 1 aliphatic rings. The van der Waals surface area contributed by atoms with Crippen LogP contribution in [0.5, 0.6) is 11.5 Å². The summed E-state index contributed by atoms with van der Waals surface area (Å²) in [5, 5.41) is 13.0. The second kappa shape index (κ2) is 9.91. The highest BCUT2D eigenvalue weighted by Crippen LogP contribution is 2.25. The molecule has 0 atom stereocenters. The van der Waals surface area contributed by atoms with Gasteiger partial charge in [0.2, 0.25) is 11.9 Å². The smallest absolute Gasteiger partial charge is 0.232 e. The number of anilines is 3. The molecule has 0 bridgehead atoms. The summed E-state index contributed by atoms with van der Waals surface area (Å²) in [7, 11) is 0. The molecular weight excluding hydrogens is 416 g/mol. The van der Waals surface area contributed by atoms with Crippen molar-refractivity contribution >= 4 is 29.2 Å². The zero-order valence-corrected chi connectivity index (χ0v) is 18.1. The Morgan fingerprint density at radius 1 is 0.935 bits per heavy atom. The van der Waals surface area contributed by atoms with E-state index in [1.54, 1.807) is 12.1 Å². The molecule has 1 aromatic heterocycles. The van der Waals surface area contributed by atoms with Crippen LogP contribution in [-0.4, -0.2) is 64.3 Å². The van der Waals surface area contributed by atoms with E-state index in [0.29, 0.717) is 29.3 Å². The average Bonchev–Trinajstić information content (AvgIpc) is 2.77. The number of halogens is 1. The van der Waals surface area contributed by atoms with E-state index in [1.807, 2.05) is 43.3 Å². The van der Waals surface area contributed by atoms with Crippen LogP contribution in [-0.2, 0) is 0 Å². The molecule has 8 nitrogen and oxygen atoms in total. The van der Waals surface area contributed by atoms with Crippen molar-refractivity contribution in [3.05, 3.63) is 59.4 Å². The first-order chi connectivity index (χ1) is 15.1. The molecule has 0 aliphatic carbocycles. The summed E-state index contributed by atoms with van der Waals surface area (Å²) < 4.78 is 5.83. The lowest BCUT2D eigenvalue weighted by molar-refractivity contribution is 0.188. The molecule has 2 N–H and O–H groups in total. The van der Waals surface area contributed by atoms with Crippen molar-refractivity contribution in [3.63, 3.8) is 0 Å². The molecule has 1 saturated heterocycles. The minimum Gasteiger partial charge on any atom is -0.457 e. The minimum atomic E-state index is 0.183. The van der Waals surface area contributed by atoms with Gasteiger partial charge in [-0.15, -0.1) is 0 Å². The van der Waals surface area contributed by atoms with E-state index >= 15 is 0 Å². The summed E-state index contributed by atoms with van der Waals surface area (Å²) >= 11 is 5.91. The molecule has 4 rings (SSSR count). The van der Waals surface area contributed by atoms with E-state index in [1.165, 1.54) is 0 Å². The quantitative estimate of drug-likeness (QED) is 0.577. The van der Waals surface area contributed by atoms with Crippen LogP contribution in [0.15, 0.2) is 48.5 Å². The van der Waals surface area contributed by atoms with E-state index in [2.05, 4.69) is 30.1 Å². The fourth-order valence-corrected chi connectivity index (χ4v) is 3.48. The Bertz CT molecular complexity index is 992. The fourth-order valence-electron chi connectivity index (χ4n) is 3.35. The van der Waals surface area contributed by atoms with Gasteiger partial charge in [-0.25, -0.2) is 0 Å². The van der Waals surface area contributed by atoms with E-state index in [-0.39, 0.29) is 6.61 Å². The van der Waals surface area contributed by atoms with Crippen molar-refractivity contribution in [3.8, 4) is 11.5 Å². The largest absolute Gasteiger partial charge is 0.457 e. The van der Waals surface area contributed by atoms with Crippen LogP contribution in [0.4, 0.5) is 17.6 Å². The molecule has 0 unspecified atom stereocenters. The molecule has 162 valence electrons. The van der Waals surface area contributed by atoms with Crippen LogP contribution >= 0.6 is 11.6 Å². The number of β-amino-alcohol motifs (C(OH)–C–C–N with tert-alkyl or cyclic N) is 1. The molecular formula is C22H25ClN6O2. The van der Waals surface area contributed by atoms with Gasteiger partial charge in [0.05, 0.1) is 6.61 Å². The lowest BCUT2D eigenvalue weighted by Gasteiger charge is -2.34. The molecule has 0 radical (unpaired) electrons. The Kier molecular flexibility index (Phi) is 6.81. The second-order valence-electron chi connectivity index (χ2n) is 7.26. The summed E-state index contributed by atoms with van der Waals surface area (Å²) in [5.74, 6) is 3.28. The normalized spacial score (nSPS) is 14.5. The maximum atomic E-state index is 9.11. The molecule has 0 saturated carbocycles. The van der Waals surface area contributed by atoms with Gasteiger partial charge in [-0.3, -0.25) is 4.90 Å². The number of aromatic nitrogens is 3. The van der Waals surface area contributed by atoms with Gasteiger partial charge in [-0.1, -0.05) is 11.6 Å². The topological polar surface area (TPSA) is 86.6 Å². The maximum Gasteiger partial charge on any atom is 0.232 e. The number of ether oxygens (including phenoxy) is 1. The van der Waals surface area contributed by atoms with E-state index in [0.717, 1.165) is 43.4 Å². The molecule has 0 spiro atoms. The van der Waals surface area contributed by atoms with Gasteiger partial charge in [0.1, 0.15) is 17.3 Å². The summed E-state index contributed by atoms with van der Waals surface area (Å²) in [6.07, 6.45) is 0.